The topological polar surface area (TPSA) is 53.7 Å². The largest absolute Gasteiger partial charge is 0.497 e. The average molecular weight is 432 g/mol. The Morgan fingerprint density at radius 3 is 2.16 bits per heavy atom. The van der Waals surface area contributed by atoms with Crippen molar-refractivity contribution in [3.05, 3.63) is 88.5 Å². The van der Waals surface area contributed by atoms with Crippen molar-refractivity contribution in [2.75, 3.05) is 21.3 Å². The fraction of sp³-hybridized carbons (Fsp3) is 0.286. The summed E-state index contributed by atoms with van der Waals surface area (Å²) in [5.41, 5.74) is 12.2. The molecule has 0 spiro atoms. The van der Waals surface area contributed by atoms with Crippen LogP contribution in [-0.2, 0) is 19.3 Å². The lowest BCUT2D eigenvalue weighted by Crippen LogP contribution is -2.19. The van der Waals surface area contributed by atoms with Gasteiger partial charge in [-0.05, 0) is 78.3 Å². The normalized spacial score (nSPS) is 12.0. The molecule has 1 unspecified atom stereocenters. The number of benzene rings is 3. The maximum absolute atomic E-state index is 6.18. The minimum Gasteiger partial charge on any atom is -0.497 e. The molecule has 168 valence electrons. The molecular weight excluding hydrogens is 398 g/mol. The predicted molar refractivity (Wildman–Crippen MR) is 133 cm³/mol. The highest BCUT2D eigenvalue weighted by Gasteiger charge is 2.12. The van der Waals surface area contributed by atoms with Gasteiger partial charge in [-0.3, -0.25) is 0 Å². The summed E-state index contributed by atoms with van der Waals surface area (Å²) in [5.74, 6) is 2.35. The van der Waals surface area contributed by atoms with Crippen molar-refractivity contribution in [3.8, 4) is 17.2 Å². The Bertz CT molecular complexity index is 1040. The van der Waals surface area contributed by atoms with Crippen LogP contribution in [0, 0.1) is 0 Å². The third-order valence-electron chi connectivity index (χ3n) is 5.48. The maximum Gasteiger partial charge on any atom is 0.160 e. The number of aryl methyl sites for hydroxylation is 2. The van der Waals surface area contributed by atoms with Crippen LogP contribution >= 0.6 is 0 Å². The molecule has 2 N–H and O–H groups in total. The molecule has 32 heavy (non-hydrogen) atoms. The van der Waals surface area contributed by atoms with E-state index in [1.54, 1.807) is 21.3 Å². The Labute approximate surface area is 191 Å². The lowest BCUT2D eigenvalue weighted by molar-refractivity contribution is 0.354. The number of hydrogen-bond donors (Lipinski definition) is 1. The van der Waals surface area contributed by atoms with Crippen LogP contribution in [0.3, 0.4) is 0 Å². The molecule has 0 aliphatic rings. The van der Waals surface area contributed by atoms with E-state index in [1.807, 2.05) is 25.1 Å². The van der Waals surface area contributed by atoms with E-state index in [1.165, 1.54) is 27.8 Å². The molecule has 4 nitrogen and oxygen atoms in total. The number of rotatable bonds is 10. The molecule has 0 fully saturated rings. The van der Waals surface area contributed by atoms with E-state index in [4.69, 9.17) is 19.9 Å². The van der Waals surface area contributed by atoms with Crippen LogP contribution in [0.2, 0.25) is 0 Å². The highest BCUT2D eigenvalue weighted by molar-refractivity contribution is 5.73. The van der Waals surface area contributed by atoms with Gasteiger partial charge in [0.1, 0.15) is 5.75 Å². The number of methoxy groups -OCH3 is 3. The zero-order valence-corrected chi connectivity index (χ0v) is 19.4. The second-order valence-electron chi connectivity index (χ2n) is 7.97. The van der Waals surface area contributed by atoms with Gasteiger partial charge in [0, 0.05) is 6.04 Å². The summed E-state index contributed by atoms with van der Waals surface area (Å²) in [4.78, 5) is 0. The van der Waals surface area contributed by atoms with Gasteiger partial charge in [0.2, 0.25) is 0 Å². The van der Waals surface area contributed by atoms with Gasteiger partial charge in [0.05, 0.1) is 21.3 Å². The van der Waals surface area contributed by atoms with E-state index < -0.39 is 0 Å². The monoisotopic (exact) mass is 431 g/mol. The Balaban J connectivity index is 1.96. The average Bonchev–Trinajstić information content (AvgIpc) is 2.81. The molecule has 0 bridgehead atoms. The van der Waals surface area contributed by atoms with Crippen LogP contribution < -0.4 is 19.9 Å². The van der Waals surface area contributed by atoms with Gasteiger partial charge >= 0.3 is 0 Å². The molecule has 0 heterocycles. The number of nitrogens with two attached hydrogens (primary N) is 1. The second kappa shape index (κ2) is 11.4. The van der Waals surface area contributed by atoms with E-state index in [0.29, 0.717) is 0 Å². The Morgan fingerprint density at radius 2 is 1.50 bits per heavy atom. The standard InChI is InChI=1S/C28H33NO3/c1-20(29)16-24-19-25(30-2)18-23(26(24)14-11-21-8-6-5-7-9-21)13-10-22-12-15-27(31-3)28(17-22)32-4/h5-9,11-12,14-15,17-20H,10,13,16,29H2,1-4H3/b14-11-. The lowest BCUT2D eigenvalue weighted by atomic mass is 9.92. The third kappa shape index (κ3) is 6.14. The molecular formula is C28H33NO3. The zero-order valence-electron chi connectivity index (χ0n) is 19.4. The number of ether oxygens (including phenoxy) is 3. The molecule has 0 radical (unpaired) electrons. The van der Waals surface area contributed by atoms with Gasteiger partial charge in [-0.1, -0.05) is 48.6 Å². The molecule has 0 saturated heterocycles. The van der Waals surface area contributed by atoms with Crippen molar-refractivity contribution < 1.29 is 14.2 Å². The van der Waals surface area contributed by atoms with Crippen molar-refractivity contribution in [1.82, 2.24) is 0 Å². The molecule has 1 atom stereocenters. The van der Waals surface area contributed by atoms with Crippen molar-refractivity contribution in [1.29, 1.82) is 0 Å². The fourth-order valence-corrected chi connectivity index (χ4v) is 3.86. The summed E-state index contributed by atoms with van der Waals surface area (Å²) < 4.78 is 16.4. The van der Waals surface area contributed by atoms with Crippen LogP contribution in [0.25, 0.3) is 12.2 Å². The first-order valence-corrected chi connectivity index (χ1v) is 10.9. The molecule has 0 saturated carbocycles. The molecule has 0 aliphatic heterocycles. The van der Waals surface area contributed by atoms with E-state index in [9.17, 15) is 0 Å². The first kappa shape index (κ1) is 23.4. The summed E-state index contributed by atoms with van der Waals surface area (Å²) in [6.45, 7) is 2.04. The molecule has 3 aromatic carbocycles. The quantitative estimate of drug-likeness (QED) is 0.427. The highest BCUT2D eigenvalue weighted by Crippen LogP contribution is 2.30. The minimum absolute atomic E-state index is 0.0599. The Morgan fingerprint density at radius 1 is 0.781 bits per heavy atom. The summed E-state index contributed by atoms with van der Waals surface area (Å²) in [7, 11) is 5.03. The third-order valence-corrected chi connectivity index (χ3v) is 5.48. The van der Waals surface area contributed by atoms with Crippen LogP contribution in [-0.4, -0.2) is 27.4 Å². The molecule has 3 rings (SSSR count). The van der Waals surface area contributed by atoms with E-state index in [2.05, 4.69) is 54.6 Å². The van der Waals surface area contributed by atoms with E-state index in [0.717, 1.165) is 36.5 Å². The van der Waals surface area contributed by atoms with Gasteiger partial charge in [-0.2, -0.15) is 0 Å². The summed E-state index contributed by atoms with van der Waals surface area (Å²) >= 11 is 0. The molecule has 3 aromatic rings. The van der Waals surface area contributed by atoms with Gasteiger partial charge in [-0.25, -0.2) is 0 Å². The smallest absolute Gasteiger partial charge is 0.160 e. The summed E-state index contributed by atoms with van der Waals surface area (Å²) in [5, 5.41) is 0. The van der Waals surface area contributed by atoms with Crippen LogP contribution in [0.1, 0.15) is 34.7 Å². The fourth-order valence-electron chi connectivity index (χ4n) is 3.86. The highest BCUT2D eigenvalue weighted by atomic mass is 16.5. The first-order valence-electron chi connectivity index (χ1n) is 10.9. The van der Waals surface area contributed by atoms with Crippen molar-refractivity contribution in [3.63, 3.8) is 0 Å². The Hall–Kier alpha value is -3.24. The summed E-state index contributed by atoms with van der Waals surface area (Å²) in [6, 6.07) is 20.7. The molecule has 0 aromatic heterocycles. The SMILES string of the molecule is COc1cc(CCc2ccc(OC)c(OC)c2)c(/C=C\c2ccccc2)c(CC(C)N)c1. The lowest BCUT2D eigenvalue weighted by Gasteiger charge is -2.17. The first-order chi connectivity index (χ1) is 15.5. The van der Waals surface area contributed by atoms with Crippen LogP contribution in [0.4, 0.5) is 0 Å². The second-order valence-corrected chi connectivity index (χ2v) is 7.97. The zero-order chi connectivity index (χ0) is 22.9. The van der Waals surface area contributed by atoms with Gasteiger partial charge in [0.15, 0.2) is 11.5 Å². The molecule has 4 heteroatoms. The van der Waals surface area contributed by atoms with Gasteiger partial charge in [0.25, 0.3) is 0 Å². The number of hydrogen-bond acceptors (Lipinski definition) is 4. The van der Waals surface area contributed by atoms with Crippen molar-refractivity contribution >= 4 is 12.2 Å². The molecule has 0 aliphatic carbocycles. The van der Waals surface area contributed by atoms with Crippen LogP contribution in [0.5, 0.6) is 17.2 Å². The van der Waals surface area contributed by atoms with Crippen LogP contribution in [0.15, 0.2) is 60.7 Å². The van der Waals surface area contributed by atoms with Crippen molar-refractivity contribution in [2.45, 2.75) is 32.2 Å². The summed E-state index contributed by atoms with van der Waals surface area (Å²) in [6.07, 6.45) is 6.89. The van der Waals surface area contributed by atoms with E-state index in [-0.39, 0.29) is 6.04 Å². The van der Waals surface area contributed by atoms with Crippen molar-refractivity contribution in [2.24, 2.45) is 5.73 Å². The minimum atomic E-state index is 0.0599. The predicted octanol–water partition coefficient (Wildman–Crippen LogP) is 5.56. The maximum atomic E-state index is 6.18. The Kier molecular flexibility index (Phi) is 8.34. The van der Waals surface area contributed by atoms with Gasteiger partial charge < -0.3 is 19.9 Å². The molecule has 0 amide bonds. The van der Waals surface area contributed by atoms with E-state index >= 15 is 0 Å². The van der Waals surface area contributed by atoms with Gasteiger partial charge in [-0.15, -0.1) is 0 Å².